The van der Waals surface area contributed by atoms with Gasteiger partial charge in [0.1, 0.15) is 5.78 Å². The molecule has 4 rings (SSSR count). The van der Waals surface area contributed by atoms with Gasteiger partial charge in [-0.25, -0.2) is 0 Å². The lowest BCUT2D eigenvalue weighted by molar-refractivity contribution is -0.143. The van der Waals surface area contributed by atoms with E-state index in [1.165, 1.54) is 6.92 Å². The Balaban J connectivity index is 1.73. The van der Waals surface area contributed by atoms with E-state index < -0.39 is 5.97 Å². The lowest BCUT2D eigenvalue weighted by Gasteiger charge is -2.57. The molecule has 0 spiro atoms. The second-order valence-corrected chi connectivity index (χ2v) is 10.3. The average Bonchev–Trinajstić information content (AvgIpc) is 2.88. The number of hydrogen-bond donors (Lipinski definition) is 0. The predicted molar refractivity (Wildman–Crippen MR) is 107 cm³/mol. The van der Waals surface area contributed by atoms with Crippen LogP contribution in [0.1, 0.15) is 72.1 Å². The van der Waals surface area contributed by atoms with Crippen molar-refractivity contribution in [2.24, 2.45) is 34.5 Å². The highest BCUT2D eigenvalue weighted by Crippen LogP contribution is 2.66. The summed E-state index contributed by atoms with van der Waals surface area (Å²) in [4.78, 5) is 37.0. The molecule has 3 fully saturated rings. The first kappa shape index (κ1) is 20.1. The van der Waals surface area contributed by atoms with Crippen LogP contribution < -0.4 is 0 Å². The molecule has 1 unspecified atom stereocenters. The maximum atomic E-state index is 12.9. The normalized spacial score (nSPS) is 42.7. The van der Waals surface area contributed by atoms with Crippen molar-refractivity contribution in [1.29, 1.82) is 0 Å². The Kier molecular flexibility index (Phi) is 5.01. The van der Waals surface area contributed by atoms with Crippen molar-refractivity contribution in [3.8, 4) is 0 Å². The third kappa shape index (κ3) is 2.81. The molecule has 154 valence electrons. The van der Waals surface area contributed by atoms with E-state index in [1.807, 2.05) is 0 Å². The number of allylic oxidation sites excluding steroid dienone is 1. The molecule has 0 aromatic carbocycles. The van der Waals surface area contributed by atoms with Crippen LogP contribution in [0, 0.1) is 34.5 Å². The van der Waals surface area contributed by atoms with E-state index in [9.17, 15) is 14.4 Å². The van der Waals surface area contributed by atoms with Gasteiger partial charge in [-0.05, 0) is 73.2 Å². The molecule has 6 atom stereocenters. The molecule has 3 saturated carbocycles. The molecule has 0 N–H and O–H groups in total. The second-order valence-electron chi connectivity index (χ2n) is 9.90. The zero-order chi connectivity index (χ0) is 20.3. The minimum atomic E-state index is -0.415. The first-order valence-electron chi connectivity index (χ1n) is 10.8. The Morgan fingerprint density at radius 3 is 2.57 bits per heavy atom. The van der Waals surface area contributed by atoms with Crippen LogP contribution in [0.2, 0.25) is 0 Å². The molecule has 0 heterocycles. The van der Waals surface area contributed by atoms with E-state index in [-0.39, 0.29) is 16.6 Å². The van der Waals surface area contributed by atoms with Gasteiger partial charge in [-0.1, -0.05) is 13.8 Å². The summed E-state index contributed by atoms with van der Waals surface area (Å²) in [5.74, 6) is 2.62. The third-order valence-electron chi connectivity index (χ3n) is 8.64. The fourth-order valence-corrected chi connectivity index (χ4v) is 7.67. The van der Waals surface area contributed by atoms with Gasteiger partial charge in [-0.3, -0.25) is 14.4 Å². The van der Waals surface area contributed by atoms with Crippen molar-refractivity contribution in [2.45, 2.75) is 72.1 Å². The fourth-order valence-electron chi connectivity index (χ4n) is 7.39. The second kappa shape index (κ2) is 6.97. The standard InChI is InChI=1S/C23H31ClO4/c1-13(25)28-21-17-5-4-15-16(22(17,2)10-7-18(21)26)6-9-23(3)19(27)12-14(8-11-24)20(15)23/h14-16,20H,4-12H2,1-3H3/t14?,15-,16-,20+,22-,23-/m1/s1. The molecule has 0 bridgehead atoms. The van der Waals surface area contributed by atoms with Crippen LogP contribution in [0.3, 0.4) is 0 Å². The monoisotopic (exact) mass is 406 g/mol. The molecule has 0 amide bonds. The highest BCUT2D eigenvalue weighted by Gasteiger charge is 2.62. The number of Topliss-reactive ketones (excluding diaryl/α,β-unsaturated/α-hetero) is 2. The third-order valence-corrected chi connectivity index (χ3v) is 8.86. The van der Waals surface area contributed by atoms with Crippen molar-refractivity contribution in [3.63, 3.8) is 0 Å². The summed E-state index contributed by atoms with van der Waals surface area (Å²) < 4.78 is 5.42. The molecule has 0 aliphatic heterocycles. The van der Waals surface area contributed by atoms with Crippen LogP contribution in [0.4, 0.5) is 0 Å². The largest absolute Gasteiger partial charge is 0.423 e. The summed E-state index contributed by atoms with van der Waals surface area (Å²) in [5, 5.41) is 0. The van der Waals surface area contributed by atoms with Crippen molar-refractivity contribution in [1.82, 2.24) is 0 Å². The van der Waals surface area contributed by atoms with E-state index in [4.69, 9.17) is 16.3 Å². The van der Waals surface area contributed by atoms with Crippen LogP contribution in [0.25, 0.3) is 0 Å². The van der Waals surface area contributed by atoms with Gasteiger partial charge in [0.15, 0.2) is 11.5 Å². The summed E-state index contributed by atoms with van der Waals surface area (Å²) in [5.41, 5.74) is 0.737. The topological polar surface area (TPSA) is 60.4 Å². The Morgan fingerprint density at radius 1 is 1.14 bits per heavy atom. The van der Waals surface area contributed by atoms with Crippen LogP contribution >= 0.6 is 11.6 Å². The van der Waals surface area contributed by atoms with Crippen molar-refractivity contribution in [2.75, 3.05) is 5.88 Å². The fraction of sp³-hybridized carbons (Fsp3) is 0.783. The van der Waals surface area contributed by atoms with E-state index >= 15 is 0 Å². The van der Waals surface area contributed by atoms with Crippen LogP contribution in [-0.2, 0) is 19.1 Å². The number of rotatable bonds is 3. The van der Waals surface area contributed by atoms with Crippen molar-refractivity contribution >= 4 is 29.1 Å². The molecule has 4 aliphatic carbocycles. The van der Waals surface area contributed by atoms with Gasteiger partial charge in [0.25, 0.3) is 0 Å². The van der Waals surface area contributed by atoms with Gasteiger partial charge in [-0.2, -0.15) is 0 Å². The first-order valence-corrected chi connectivity index (χ1v) is 11.3. The molecule has 0 radical (unpaired) electrons. The van der Waals surface area contributed by atoms with Gasteiger partial charge in [0.2, 0.25) is 0 Å². The number of carbonyl (C=O) groups is 3. The number of ketones is 2. The smallest absolute Gasteiger partial charge is 0.308 e. The molecule has 0 saturated heterocycles. The molecule has 0 aromatic heterocycles. The molecule has 0 aromatic rings. The zero-order valence-corrected chi connectivity index (χ0v) is 17.9. The summed E-state index contributed by atoms with van der Waals surface area (Å²) >= 11 is 6.10. The number of fused-ring (bicyclic) bond motifs is 5. The van der Waals surface area contributed by atoms with Crippen LogP contribution in [-0.4, -0.2) is 23.4 Å². The highest BCUT2D eigenvalue weighted by molar-refractivity contribution is 6.17. The Labute approximate surface area is 172 Å². The predicted octanol–water partition coefficient (Wildman–Crippen LogP) is 4.83. The van der Waals surface area contributed by atoms with Gasteiger partial charge < -0.3 is 4.74 Å². The number of hydrogen-bond acceptors (Lipinski definition) is 4. The maximum absolute atomic E-state index is 12.9. The molecular formula is C23H31ClO4. The number of halogens is 1. The quantitative estimate of drug-likeness (QED) is 0.497. The average molecular weight is 407 g/mol. The Morgan fingerprint density at radius 2 is 1.89 bits per heavy atom. The molecule has 4 aliphatic rings. The lowest BCUT2D eigenvalue weighted by atomic mass is 9.46. The SMILES string of the molecule is CC(=O)OC1=C2CC[C@@H]3[C@@H](CC[C@]4(C)C(=O)CC(CCCl)[C@@H]34)[C@@]2(C)CCC1=O. The van der Waals surface area contributed by atoms with Crippen molar-refractivity contribution < 1.29 is 19.1 Å². The molecule has 4 nitrogen and oxygen atoms in total. The summed E-state index contributed by atoms with van der Waals surface area (Å²) in [7, 11) is 0. The maximum Gasteiger partial charge on any atom is 0.308 e. The van der Waals surface area contributed by atoms with E-state index in [2.05, 4.69) is 13.8 Å². The number of ether oxygens (including phenoxy) is 1. The minimum absolute atomic E-state index is 0.0298. The van der Waals surface area contributed by atoms with Gasteiger partial charge >= 0.3 is 5.97 Å². The molecular weight excluding hydrogens is 376 g/mol. The van der Waals surface area contributed by atoms with Crippen LogP contribution in [0.15, 0.2) is 11.3 Å². The highest BCUT2D eigenvalue weighted by atomic mass is 35.5. The first-order chi connectivity index (χ1) is 13.2. The van der Waals surface area contributed by atoms with Crippen LogP contribution in [0.5, 0.6) is 0 Å². The molecule has 5 heteroatoms. The zero-order valence-electron chi connectivity index (χ0n) is 17.2. The summed E-state index contributed by atoms with van der Waals surface area (Å²) in [6, 6.07) is 0. The number of carbonyl (C=O) groups excluding carboxylic acids is 3. The van der Waals surface area contributed by atoms with Gasteiger partial charge in [0.05, 0.1) is 0 Å². The van der Waals surface area contributed by atoms with E-state index in [0.29, 0.717) is 53.9 Å². The Hall–Kier alpha value is -1.16. The number of esters is 1. The lowest BCUT2D eigenvalue weighted by Crippen LogP contribution is -2.52. The van der Waals surface area contributed by atoms with Gasteiger partial charge in [0, 0.05) is 31.1 Å². The van der Waals surface area contributed by atoms with E-state index in [1.54, 1.807) is 0 Å². The van der Waals surface area contributed by atoms with Gasteiger partial charge in [-0.15, -0.1) is 11.6 Å². The molecule has 28 heavy (non-hydrogen) atoms. The summed E-state index contributed by atoms with van der Waals surface area (Å²) in [6.45, 7) is 5.82. The minimum Gasteiger partial charge on any atom is -0.423 e. The van der Waals surface area contributed by atoms with E-state index in [0.717, 1.165) is 44.1 Å². The Bertz CT molecular complexity index is 756. The van der Waals surface area contributed by atoms with Crippen molar-refractivity contribution in [3.05, 3.63) is 11.3 Å². The number of alkyl halides is 1. The summed E-state index contributed by atoms with van der Waals surface area (Å²) in [6.07, 6.45) is 6.55.